The van der Waals surface area contributed by atoms with Gasteiger partial charge in [-0.3, -0.25) is 14.6 Å². The molecule has 1 aromatic heterocycles. The van der Waals surface area contributed by atoms with Gasteiger partial charge in [0.15, 0.2) is 0 Å². The number of anilines is 1. The SMILES string of the molecule is Cc1cn(-c2ccc(C3=NC4(CCCC4)N(CC(=O)Nc4cccc(C(F)(F)F)c4)C3=O)cc2)c(C)n1. The summed E-state index contributed by atoms with van der Waals surface area (Å²) in [5.41, 5.74) is 1.10. The van der Waals surface area contributed by atoms with Crippen LogP contribution in [0, 0.1) is 13.8 Å². The third-order valence-electron chi connectivity index (χ3n) is 6.87. The van der Waals surface area contributed by atoms with Crippen molar-refractivity contribution in [3.63, 3.8) is 0 Å². The van der Waals surface area contributed by atoms with Crippen LogP contribution in [0.4, 0.5) is 18.9 Å². The summed E-state index contributed by atoms with van der Waals surface area (Å²) in [6, 6.07) is 11.9. The van der Waals surface area contributed by atoms with Crippen molar-refractivity contribution >= 4 is 23.2 Å². The van der Waals surface area contributed by atoms with Crippen LogP contribution in [0.25, 0.3) is 5.69 Å². The highest BCUT2D eigenvalue weighted by Gasteiger charge is 2.49. The number of alkyl halides is 3. The Bertz CT molecular complexity index is 1390. The molecule has 2 heterocycles. The average Bonchev–Trinajstić information content (AvgIpc) is 3.53. The first-order valence-corrected chi connectivity index (χ1v) is 12.1. The minimum Gasteiger partial charge on any atom is -0.325 e. The molecule has 1 N–H and O–H groups in total. The number of aliphatic imine (C=N–C) groups is 1. The lowest BCUT2D eigenvalue weighted by Crippen LogP contribution is -2.48. The number of imidazole rings is 1. The fourth-order valence-corrected chi connectivity index (χ4v) is 5.14. The third kappa shape index (κ3) is 4.75. The highest BCUT2D eigenvalue weighted by atomic mass is 19.4. The van der Waals surface area contributed by atoms with Gasteiger partial charge in [-0.1, -0.05) is 18.2 Å². The molecule has 1 saturated carbocycles. The lowest BCUT2D eigenvalue weighted by atomic mass is 10.1. The van der Waals surface area contributed by atoms with Crippen LogP contribution in [-0.2, 0) is 15.8 Å². The maximum atomic E-state index is 13.5. The largest absolute Gasteiger partial charge is 0.416 e. The number of nitrogens with one attached hydrogen (secondary N) is 1. The van der Waals surface area contributed by atoms with Gasteiger partial charge < -0.3 is 14.8 Å². The monoisotopic (exact) mass is 509 g/mol. The van der Waals surface area contributed by atoms with E-state index in [-0.39, 0.29) is 18.1 Å². The summed E-state index contributed by atoms with van der Waals surface area (Å²) in [6.45, 7) is 3.54. The fraction of sp³-hybridized carbons (Fsp3) is 0.333. The van der Waals surface area contributed by atoms with Crippen molar-refractivity contribution in [1.82, 2.24) is 14.5 Å². The van der Waals surface area contributed by atoms with Gasteiger partial charge in [0.05, 0.1) is 11.3 Å². The molecule has 0 unspecified atom stereocenters. The van der Waals surface area contributed by atoms with Gasteiger partial charge in [-0.25, -0.2) is 4.98 Å². The summed E-state index contributed by atoms with van der Waals surface area (Å²) in [6.07, 6.45) is 0.408. The van der Waals surface area contributed by atoms with E-state index in [1.807, 2.05) is 48.9 Å². The molecular formula is C27H26F3N5O2. The second-order valence-electron chi connectivity index (χ2n) is 9.51. The highest BCUT2D eigenvalue weighted by molar-refractivity contribution is 6.47. The first kappa shape index (κ1) is 24.7. The molecule has 2 amide bonds. The maximum Gasteiger partial charge on any atom is 0.416 e. The van der Waals surface area contributed by atoms with Crippen LogP contribution >= 0.6 is 0 Å². The van der Waals surface area contributed by atoms with Crippen LogP contribution in [0.1, 0.15) is 48.3 Å². The van der Waals surface area contributed by atoms with Gasteiger partial charge >= 0.3 is 6.18 Å². The lowest BCUT2D eigenvalue weighted by Gasteiger charge is -2.32. The van der Waals surface area contributed by atoms with Crippen LogP contribution < -0.4 is 5.32 Å². The second kappa shape index (κ2) is 9.17. The highest BCUT2D eigenvalue weighted by Crippen LogP contribution is 2.41. The van der Waals surface area contributed by atoms with Gasteiger partial charge in [-0.15, -0.1) is 0 Å². The lowest BCUT2D eigenvalue weighted by molar-refractivity contribution is -0.137. The van der Waals surface area contributed by atoms with E-state index in [1.54, 1.807) is 0 Å². The summed E-state index contributed by atoms with van der Waals surface area (Å²) in [5.74, 6) is -0.0809. The van der Waals surface area contributed by atoms with E-state index in [1.165, 1.54) is 17.0 Å². The molecule has 1 aliphatic heterocycles. The zero-order valence-electron chi connectivity index (χ0n) is 20.5. The predicted octanol–water partition coefficient (Wildman–Crippen LogP) is 5.05. The Morgan fingerprint density at radius 2 is 1.78 bits per heavy atom. The molecule has 2 aliphatic rings. The Balaban J connectivity index is 1.36. The van der Waals surface area contributed by atoms with Crippen LogP contribution in [0.15, 0.2) is 59.7 Å². The normalized spacial score (nSPS) is 16.9. The van der Waals surface area contributed by atoms with Crippen molar-refractivity contribution in [2.45, 2.75) is 51.4 Å². The number of carbonyl (C=O) groups excluding carboxylic acids is 2. The van der Waals surface area contributed by atoms with E-state index >= 15 is 0 Å². The molecular weight excluding hydrogens is 483 g/mol. The molecule has 0 radical (unpaired) electrons. The number of hydrogen-bond acceptors (Lipinski definition) is 4. The van der Waals surface area contributed by atoms with Gasteiger partial charge in [0.1, 0.15) is 23.7 Å². The van der Waals surface area contributed by atoms with Gasteiger partial charge in [-0.05, 0) is 69.9 Å². The fourth-order valence-electron chi connectivity index (χ4n) is 5.14. The molecule has 192 valence electrons. The predicted molar refractivity (Wildman–Crippen MR) is 133 cm³/mol. The quantitative estimate of drug-likeness (QED) is 0.523. The minimum atomic E-state index is -4.52. The Morgan fingerprint density at radius 3 is 2.41 bits per heavy atom. The Kier molecular flexibility index (Phi) is 6.13. The van der Waals surface area contributed by atoms with E-state index in [9.17, 15) is 22.8 Å². The van der Waals surface area contributed by atoms with E-state index in [2.05, 4.69) is 10.3 Å². The summed E-state index contributed by atoms with van der Waals surface area (Å²) < 4.78 is 41.1. The van der Waals surface area contributed by atoms with E-state index in [4.69, 9.17) is 4.99 Å². The van der Waals surface area contributed by atoms with Gasteiger partial charge in [-0.2, -0.15) is 13.2 Å². The van der Waals surface area contributed by atoms with Crippen LogP contribution in [-0.4, -0.2) is 44.2 Å². The summed E-state index contributed by atoms with van der Waals surface area (Å²) >= 11 is 0. The first-order valence-electron chi connectivity index (χ1n) is 12.1. The second-order valence-corrected chi connectivity index (χ2v) is 9.51. The number of carbonyl (C=O) groups is 2. The Morgan fingerprint density at radius 1 is 1.08 bits per heavy atom. The molecule has 0 bridgehead atoms. The first-order chi connectivity index (χ1) is 17.6. The third-order valence-corrected chi connectivity index (χ3v) is 6.87. The smallest absolute Gasteiger partial charge is 0.325 e. The Hall–Kier alpha value is -3.95. The van der Waals surface area contributed by atoms with Gasteiger partial charge in [0, 0.05) is 23.1 Å². The molecule has 37 heavy (non-hydrogen) atoms. The van der Waals surface area contributed by atoms with Crippen molar-refractivity contribution in [3.05, 3.63) is 77.4 Å². The topological polar surface area (TPSA) is 79.6 Å². The molecule has 0 saturated heterocycles. The maximum absolute atomic E-state index is 13.5. The molecule has 10 heteroatoms. The molecule has 5 rings (SSSR count). The van der Waals surface area contributed by atoms with Gasteiger partial charge in [0.2, 0.25) is 5.91 Å². The molecule has 3 aromatic rings. The van der Waals surface area contributed by atoms with Crippen molar-refractivity contribution in [2.24, 2.45) is 4.99 Å². The zero-order valence-corrected chi connectivity index (χ0v) is 20.5. The van der Waals surface area contributed by atoms with Crippen molar-refractivity contribution in [3.8, 4) is 5.69 Å². The number of halogens is 3. The number of aryl methyl sites for hydroxylation is 2. The number of amides is 2. The van der Waals surface area contributed by atoms with Gasteiger partial charge in [0.25, 0.3) is 5.91 Å². The van der Waals surface area contributed by atoms with Crippen molar-refractivity contribution in [1.29, 1.82) is 0 Å². The molecule has 1 aliphatic carbocycles. The van der Waals surface area contributed by atoms with E-state index < -0.39 is 23.3 Å². The van der Waals surface area contributed by atoms with E-state index in [0.29, 0.717) is 24.1 Å². The molecule has 0 atom stereocenters. The summed E-state index contributed by atoms with van der Waals surface area (Å²) in [7, 11) is 0. The zero-order chi connectivity index (χ0) is 26.4. The molecule has 2 aromatic carbocycles. The van der Waals surface area contributed by atoms with Crippen molar-refractivity contribution < 1.29 is 22.8 Å². The molecule has 1 fully saturated rings. The molecule has 1 spiro atoms. The number of benzene rings is 2. The summed E-state index contributed by atoms with van der Waals surface area (Å²) in [4.78, 5) is 37.1. The Labute approximate surface area is 212 Å². The van der Waals surface area contributed by atoms with E-state index in [0.717, 1.165) is 42.2 Å². The minimum absolute atomic E-state index is 0.0219. The summed E-state index contributed by atoms with van der Waals surface area (Å²) in [5, 5.41) is 2.50. The van der Waals surface area contributed by atoms with Crippen LogP contribution in [0.5, 0.6) is 0 Å². The van der Waals surface area contributed by atoms with Crippen LogP contribution in [0.2, 0.25) is 0 Å². The average molecular weight is 510 g/mol. The number of rotatable bonds is 5. The van der Waals surface area contributed by atoms with Crippen molar-refractivity contribution in [2.75, 3.05) is 11.9 Å². The number of aromatic nitrogens is 2. The number of hydrogen-bond donors (Lipinski definition) is 1. The standard InChI is InChI=1S/C27H26F3N5O2/c1-17-15-34(18(2)31-17)22-10-8-19(9-11-22)24-25(37)35(26(33-24)12-3-4-13-26)16-23(36)32-21-7-5-6-20(14-21)27(28,29)30/h5-11,14-15H,3-4,12-13,16H2,1-2H3,(H,32,36). The molecule has 7 nitrogen and oxygen atoms in total. The van der Waals surface area contributed by atoms with Crippen LogP contribution in [0.3, 0.4) is 0 Å². The number of nitrogens with zero attached hydrogens (tertiary/aromatic N) is 4.